The van der Waals surface area contributed by atoms with Crippen molar-refractivity contribution in [2.45, 2.75) is 46.2 Å². The molecule has 8 heteroatoms. The molecule has 0 aliphatic carbocycles. The van der Waals surface area contributed by atoms with Gasteiger partial charge < -0.3 is 15.1 Å². The van der Waals surface area contributed by atoms with Crippen molar-refractivity contribution < 1.29 is 14.4 Å². The van der Waals surface area contributed by atoms with E-state index in [0.717, 1.165) is 18.4 Å². The largest absolute Gasteiger partial charge is 0.356 e. The fraction of sp³-hybridized carbons (Fsp3) is 0.478. The van der Waals surface area contributed by atoms with Gasteiger partial charge in [-0.15, -0.1) is 0 Å². The van der Waals surface area contributed by atoms with Crippen LogP contribution in [0.1, 0.15) is 59.7 Å². The van der Waals surface area contributed by atoms with Gasteiger partial charge in [-0.05, 0) is 25.3 Å². The van der Waals surface area contributed by atoms with Crippen molar-refractivity contribution in [2.75, 3.05) is 26.2 Å². The topological polar surface area (TPSA) is 87.5 Å². The zero-order valence-electron chi connectivity index (χ0n) is 18.3. The predicted molar refractivity (Wildman–Crippen MR) is 118 cm³/mol. The van der Waals surface area contributed by atoms with E-state index in [0.29, 0.717) is 45.0 Å². The van der Waals surface area contributed by atoms with Crippen molar-refractivity contribution in [2.24, 2.45) is 0 Å². The first kappa shape index (κ1) is 22.5. The minimum Gasteiger partial charge on any atom is -0.356 e. The summed E-state index contributed by atoms with van der Waals surface area (Å²) in [5.41, 5.74) is 1.76. The first-order valence-corrected chi connectivity index (χ1v) is 11.0. The van der Waals surface area contributed by atoms with Gasteiger partial charge in [0.25, 0.3) is 11.8 Å². The Labute approximate surface area is 183 Å². The smallest absolute Gasteiger partial charge is 0.274 e. The standard InChI is InChI=1S/C23H31N5O3/c1-3-12-24-21(29)11-15-26(4-2)22(30)19-16-20-23(31)27(13-8-14-28(20)25-19)17-18-9-6-5-7-10-18/h5-7,9-10,16H,3-4,8,11-15,17H2,1-2H3,(H,24,29). The Kier molecular flexibility index (Phi) is 7.81. The lowest BCUT2D eigenvalue weighted by molar-refractivity contribution is -0.121. The summed E-state index contributed by atoms with van der Waals surface area (Å²) >= 11 is 0. The highest BCUT2D eigenvalue weighted by molar-refractivity contribution is 5.98. The molecule has 0 spiro atoms. The lowest BCUT2D eigenvalue weighted by Crippen LogP contribution is -2.35. The molecule has 0 unspecified atom stereocenters. The second-order valence-electron chi connectivity index (χ2n) is 7.69. The molecule has 1 N–H and O–H groups in total. The molecule has 0 saturated carbocycles. The van der Waals surface area contributed by atoms with Gasteiger partial charge in [0.2, 0.25) is 5.91 Å². The minimum atomic E-state index is -0.256. The number of carbonyl (C=O) groups excluding carboxylic acids is 3. The third-order valence-corrected chi connectivity index (χ3v) is 5.37. The van der Waals surface area contributed by atoms with Gasteiger partial charge in [0.15, 0.2) is 5.69 Å². The van der Waals surface area contributed by atoms with Crippen molar-refractivity contribution in [3.63, 3.8) is 0 Å². The number of carbonyl (C=O) groups is 3. The molecule has 0 radical (unpaired) electrons. The van der Waals surface area contributed by atoms with Crippen molar-refractivity contribution in [1.82, 2.24) is 24.9 Å². The van der Waals surface area contributed by atoms with E-state index < -0.39 is 0 Å². The number of nitrogens with zero attached hydrogens (tertiary/aromatic N) is 4. The molecule has 166 valence electrons. The van der Waals surface area contributed by atoms with Gasteiger partial charge in [0.05, 0.1) is 0 Å². The van der Waals surface area contributed by atoms with E-state index in [1.165, 1.54) is 0 Å². The number of nitrogens with one attached hydrogen (secondary N) is 1. The highest BCUT2D eigenvalue weighted by Gasteiger charge is 2.27. The van der Waals surface area contributed by atoms with Gasteiger partial charge in [-0.3, -0.25) is 19.1 Å². The lowest BCUT2D eigenvalue weighted by Gasteiger charge is -2.20. The molecule has 8 nitrogen and oxygen atoms in total. The molecule has 0 fully saturated rings. The molecular formula is C23H31N5O3. The minimum absolute atomic E-state index is 0.0690. The van der Waals surface area contributed by atoms with Crippen LogP contribution in [0, 0.1) is 0 Å². The number of fused-ring (bicyclic) bond motifs is 1. The molecule has 31 heavy (non-hydrogen) atoms. The summed E-state index contributed by atoms with van der Waals surface area (Å²) in [5.74, 6) is -0.441. The van der Waals surface area contributed by atoms with Gasteiger partial charge in [0.1, 0.15) is 5.69 Å². The van der Waals surface area contributed by atoms with Crippen LogP contribution in [-0.2, 0) is 17.9 Å². The monoisotopic (exact) mass is 425 g/mol. The highest BCUT2D eigenvalue weighted by Crippen LogP contribution is 2.17. The van der Waals surface area contributed by atoms with Crippen LogP contribution in [0.3, 0.4) is 0 Å². The number of hydrogen-bond acceptors (Lipinski definition) is 4. The van der Waals surface area contributed by atoms with Gasteiger partial charge >= 0.3 is 0 Å². The Balaban J connectivity index is 1.69. The van der Waals surface area contributed by atoms with E-state index in [-0.39, 0.29) is 29.8 Å². The Morgan fingerprint density at radius 3 is 2.65 bits per heavy atom. The maximum atomic E-state index is 13.1. The second-order valence-corrected chi connectivity index (χ2v) is 7.69. The first-order chi connectivity index (χ1) is 15.0. The lowest BCUT2D eigenvalue weighted by atomic mass is 10.2. The van der Waals surface area contributed by atoms with Crippen LogP contribution in [-0.4, -0.2) is 63.5 Å². The zero-order valence-corrected chi connectivity index (χ0v) is 18.3. The summed E-state index contributed by atoms with van der Waals surface area (Å²) in [4.78, 5) is 41.4. The van der Waals surface area contributed by atoms with Gasteiger partial charge in [0, 0.05) is 51.8 Å². The third-order valence-electron chi connectivity index (χ3n) is 5.37. The Morgan fingerprint density at radius 1 is 1.16 bits per heavy atom. The third kappa shape index (κ3) is 5.71. The Hall–Kier alpha value is -3.16. The van der Waals surface area contributed by atoms with Crippen LogP contribution in [0.15, 0.2) is 36.4 Å². The normalized spacial score (nSPS) is 13.5. The summed E-state index contributed by atoms with van der Waals surface area (Å²) in [6, 6.07) is 11.5. The number of hydrogen-bond donors (Lipinski definition) is 1. The van der Waals surface area contributed by atoms with Gasteiger partial charge in [-0.1, -0.05) is 37.3 Å². The quantitative estimate of drug-likeness (QED) is 0.668. The SMILES string of the molecule is CCCNC(=O)CCN(CC)C(=O)c1cc2n(n1)CCCN(Cc1ccccc1)C2=O. The number of benzene rings is 1. The van der Waals surface area contributed by atoms with E-state index in [2.05, 4.69) is 10.4 Å². The van der Waals surface area contributed by atoms with E-state index in [4.69, 9.17) is 0 Å². The fourth-order valence-electron chi connectivity index (χ4n) is 3.65. The number of rotatable bonds is 9. The van der Waals surface area contributed by atoms with Crippen LogP contribution < -0.4 is 5.32 Å². The van der Waals surface area contributed by atoms with Crippen molar-refractivity contribution >= 4 is 17.7 Å². The first-order valence-electron chi connectivity index (χ1n) is 11.0. The molecule has 3 amide bonds. The molecule has 1 aliphatic rings. The number of amides is 3. The number of aromatic nitrogens is 2. The Morgan fingerprint density at radius 2 is 1.94 bits per heavy atom. The Bertz CT molecular complexity index is 909. The molecule has 2 aromatic rings. The molecule has 0 atom stereocenters. The summed E-state index contributed by atoms with van der Waals surface area (Å²) in [5, 5.41) is 7.25. The van der Waals surface area contributed by atoms with Crippen molar-refractivity contribution in [3.8, 4) is 0 Å². The number of aryl methyl sites for hydroxylation is 1. The maximum absolute atomic E-state index is 13.1. The average Bonchev–Trinajstić information content (AvgIpc) is 3.15. The molecule has 3 rings (SSSR count). The van der Waals surface area contributed by atoms with Crippen molar-refractivity contribution in [1.29, 1.82) is 0 Å². The van der Waals surface area contributed by atoms with E-state index >= 15 is 0 Å². The summed E-state index contributed by atoms with van der Waals surface area (Å²) in [6.45, 7) is 7.05. The fourth-order valence-corrected chi connectivity index (χ4v) is 3.65. The molecule has 0 saturated heterocycles. The molecular weight excluding hydrogens is 394 g/mol. The van der Waals surface area contributed by atoms with Crippen LogP contribution >= 0.6 is 0 Å². The average molecular weight is 426 g/mol. The van der Waals surface area contributed by atoms with Crippen LogP contribution in [0.5, 0.6) is 0 Å². The van der Waals surface area contributed by atoms with E-state index in [1.807, 2.05) is 44.2 Å². The van der Waals surface area contributed by atoms with Crippen LogP contribution in [0.2, 0.25) is 0 Å². The van der Waals surface area contributed by atoms with E-state index in [1.54, 1.807) is 20.5 Å². The van der Waals surface area contributed by atoms with Gasteiger partial charge in [-0.25, -0.2) is 0 Å². The molecule has 1 aromatic heterocycles. The predicted octanol–water partition coefficient (Wildman–Crippen LogP) is 2.31. The molecule has 2 heterocycles. The van der Waals surface area contributed by atoms with Gasteiger partial charge in [-0.2, -0.15) is 5.10 Å². The molecule has 1 aromatic carbocycles. The van der Waals surface area contributed by atoms with E-state index in [9.17, 15) is 14.4 Å². The second kappa shape index (κ2) is 10.7. The zero-order chi connectivity index (χ0) is 22.2. The summed E-state index contributed by atoms with van der Waals surface area (Å²) < 4.78 is 1.64. The molecule has 0 bridgehead atoms. The highest BCUT2D eigenvalue weighted by atomic mass is 16.2. The maximum Gasteiger partial charge on any atom is 0.274 e. The summed E-state index contributed by atoms with van der Waals surface area (Å²) in [6.07, 6.45) is 1.89. The molecule has 1 aliphatic heterocycles. The van der Waals surface area contributed by atoms with Crippen molar-refractivity contribution in [3.05, 3.63) is 53.3 Å². The van der Waals surface area contributed by atoms with Crippen LogP contribution in [0.25, 0.3) is 0 Å². The summed E-state index contributed by atoms with van der Waals surface area (Å²) in [7, 11) is 0. The van der Waals surface area contributed by atoms with Crippen LogP contribution in [0.4, 0.5) is 0 Å².